The van der Waals surface area contributed by atoms with Crippen molar-refractivity contribution in [3.05, 3.63) is 52.6 Å². The third-order valence-electron chi connectivity index (χ3n) is 3.38. The molecule has 6 nitrogen and oxygen atoms in total. The van der Waals surface area contributed by atoms with Crippen molar-refractivity contribution >= 4 is 34.9 Å². The monoisotopic (exact) mass is 384 g/mol. The zero-order valence-electron chi connectivity index (χ0n) is 13.8. The fourth-order valence-corrected chi connectivity index (χ4v) is 2.17. The number of rotatable bonds is 5. The van der Waals surface area contributed by atoms with E-state index in [1.165, 1.54) is 26.2 Å². The Bertz CT molecular complexity index is 861. The summed E-state index contributed by atoms with van der Waals surface area (Å²) >= 11 is 5.88. The van der Waals surface area contributed by atoms with E-state index in [2.05, 4.69) is 5.32 Å². The van der Waals surface area contributed by atoms with Crippen LogP contribution in [-0.4, -0.2) is 25.1 Å². The van der Waals surface area contributed by atoms with Gasteiger partial charge in [-0.1, -0.05) is 11.6 Å². The highest BCUT2D eigenvalue weighted by Crippen LogP contribution is 2.29. The van der Waals surface area contributed by atoms with Crippen molar-refractivity contribution in [2.45, 2.75) is 13.0 Å². The van der Waals surface area contributed by atoms with Gasteiger partial charge < -0.3 is 20.5 Å². The molecule has 1 amide bonds. The summed E-state index contributed by atoms with van der Waals surface area (Å²) in [6, 6.07) is 5.17. The molecule has 2 aromatic rings. The van der Waals surface area contributed by atoms with E-state index in [1.54, 1.807) is 0 Å². The van der Waals surface area contributed by atoms with Gasteiger partial charge in [-0.3, -0.25) is 4.79 Å². The summed E-state index contributed by atoms with van der Waals surface area (Å²) in [5.74, 6) is -3.19. The molecule has 26 heavy (non-hydrogen) atoms. The van der Waals surface area contributed by atoms with Crippen molar-refractivity contribution < 1.29 is 27.8 Å². The van der Waals surface area contributed by atoms with Gasteiger partial charge in [0, 0.05) is 12.1 Å². The van der Waals surface area contributed by atoms with Gasteiger partial charge in [-0.2, -0.15) is 0 Å². The van der Waals surface area contributed by atoms with Crippen molar-refractivity contribution in [1.29, 1.82) is 0 Å². The quantitative estimate of drug-likeness (QED) is 0.609. The van der Waals surface area contributed by atoms with Crippen LogP contribution in [0.2, 0.25) is 5.02 Å². The first-order valence-electron chi connectivity index (χ1n) is 7.32. The average Bonchev–Trinajstić information content (AvgIpc) is 2.59. The van der Waals surface area contributed by atoms with Gasteiger partial charge in [0.05, 0.1) is 23.5 Å². The zero-order valence-corrected chi connectivity index (χ0v) is 14.6. The second-order valence-electron chi connectivity index (χ2n) is 5.23. The van der Waals surface area contributed by atoms with E-state index in [0.29, 0.717) is 0 Å². The first kappa shape index (κ1) is 19.5. The maximum absolute atomic E-state index is 13.6. The van der Waals surface area contributed by atoms with E-state index < -0.39 is 29.6 Å². The van der Waals surface area contributed by atoms with Crippen molar-refractivity contribution in [3.63, 3.8) is 0 Å². The molecule has 0 aromatic heterocycles. The lowest BCUT2D eigenvalue weighted by Crippen LogP contribution is -2.30. The minimum absolute atomic E-state index is 0.0386. The third kappa shape index (κ3) is 4.40. The van der Waals surface area contributed by atoms with Crippen LogP contribution in [0.5, 0.6) is 5.75 Å². The summed E-state index contributed by atoms with van der Waals surface area (Å²) in [6.45, 7) is 1.27. The predicted octanol–water partition coefficient (Wildman–Crippen LogP) is 3.39. The molecular formula is C17H15ClF2N2O4. The first-order valence-corrected chi connectivity index (χ1v) is 7.70. The number of esters is 1. The van der Waals surface area contributed by atoms with Crippen LogP contribution in [0.15, 0.2) is 30.3 Å². The lowest BCUT2D eigenvalue weighted by atomic mass is 10.2. The van der Waals surface area contributed by atoms with E-state index in [-0.39, 0.29) is 27.7 Å². The summed E-state index contributed by atoms with van der Waals surface area (Å²) in [5, 5.41) is 2.26. The van der Waals surface area contributed by atoms with Crippen LogP contribution >= 0.6 is 11.6 Å². The fraction of sp³-hybridized carbons (Fsp3) is 0.176. The molecule has 1 atom stereocenters. The highest BCUT2D eigenvalue weighted by atomic mass is 35.5. The van der Waals surface area contributed by atoms with Gasteiger partial charge in [-0.05, 0) is 25.1 Å². The SMILES string of the molecule is COc1cc(N)c(Cl)cc1C(=O)OC(C)C(=O)Nc1cc(F)ccc1F. The molecule has 0 bridgehead atoms. The summed E-state index contributed by atoms with van der Waals surface area (Å²) in [5.41, 5.74) is 5.43. The number of hydrogen-bond donors (Lipinski definition) is 2. The number of anilines is 2. The highest BCUT2D eigenvalue weighted by molar-refractivity contribution is 6.33. The highest BCUT2D eigenvalue weighted by Gasteiger charge is 2.23. The van der Waals surface area contributed by atoms with Crippen LogP contribution < -0.4 is 15.8 Å². The van der Waals surface area contributed by atoms with E-state index in [1.807, 2.05) is 0 Å². The fourth-order valence-electron chi connectivity index (χ4n) is 2.00. The Hall–Kier alpha value is -2.87. The Morgan fingerprint density at radius 3 is 2.58 bits per heavy atom. The standard InChI is InChI=1S/C17H15ClF2N2O4/c1-8(16(23)22-14-5-9(19)3-4-12(14)20)26-17(24)10-6-11(18)13(21)7-15(10)25-2/h3-8H,21H2,1-2H3,(H,22,23). The van der Waals surface area contributed by atoms with Crippen molar-refractivity contribution in [1.82, 2.24) is 0 Å². The summed E-state index contributed by atoms with van der Waals surface area (Å²) < 4.78 is 36.8. The number of halogens is 3. The number of nitrogens with one attached hydrogen (secondary N) is 1. The minimum Gasteiger partial charge on any atom is -0.496 e. The van der Waals surface area contributed by atoms with Gasteiger partial charge in [-0.25, -0.2) is 13.6 Å². The number of nitrogen functional groups attached to an aromatic ring is 1. The molecule has 0 aliphatic carbocycles. The molecule has 2 aromatic carbocycles. The molecule has 0 saturated carbocycles. The van der Waals surface area contributed by atoms with E-state index in [0.717, 1.165) is 18.2 Å². The van der Waals surface area contributed by atoms with E-state index in [4.69, 9.17) is 26.8 Å². The Balaban J connectivity index is 2.12. The average molecular weight is 385 g/mol. The second kappa shape index (κ2) is 8.01. The number of nitrogens with two attached hydrogens (primary N) is 1. The molecule has 0 radical (unpaired) electrons. The van der Waals surface area contributed by atoms with E-state index in [9.17, 15) is 18.4 Å². The summed E-state index contributed by atoms with van der Waals surface area (Å²) in [6.07, 6.45) is -1.30. The van der Waals surface area contributed by atoms with E-state index >= 15 is 0 Å². The van der Waals surface area contributed by atoms with Gasteiger partial charge in [0.25, 0.3) is 5.91 Å². The molecule has 0 saturated heterocycles. The van der Waals surface area contributed by atoms with Gasteiger partial charge in [0.2, 0.25) is 0 Å². The molecule has 2 rings (SSSR count). The molecule has 0 heterocycles. The molecule has 0 spiro atoms. The molecule has 0 aliphatic rings. The number of carbonyl (C=O) groups excluding carboxylic acids is 2. The Morgan fingerprint density at radius 1 is 1.23 bits per heavy atom. The predicted molar refractivity (Wildman–Crippen MR) is 92.3 cm³/mol. The Labute approximate surface area is 152 Å². The van der Waals surface area contributed by atoms with Crippen molar-refractivity contribution in [2.75, 3.05) is 18.2 Å². The van der Waals surface area contributed by atoms with Crippen LogP contribution in [0.3, 0.4) is 0 Å². The van der Waals surface area contributed by atoms with Crippen LogP contribution in [0, 0.1) is 11.6 Å². The maximum Gasteiger partial charge on any atom is 0.342 e. The second-order valence-corrected chi connectivity index (χ2v) is 5.64. The number of amides is 1. The number of methoxy groups -OCH3 is 1. The largest absolute Gasteiger partial charge is 0.496 e. The van der Waals surface area contributed by atoms with Gasteiger partial charge >= 0.3 is 5.97 Å². The molecule has 3 N–H and O–H groups in total. The van der Waals surface area contributed by atoms with Gasteiger partial charge in [0.15, 0.2) is 6.10 Å². The molecule has 0 fully saturated rings. The number of ether oxygens (including phenoxy) is 2. The van der Waals surface area contributed by atoms with Crippen LogP contribution in [-0.2, 0) is 9.53 Å². The third-order valence-corrected chi connectivity index (χ3v) is 3.71. The molecule has 138 valence electrons. The molecule has 0 aliphatic heterocycles. The number of carbonyl (C=O) groups is 2. The Kier molecular flexibility index (Phi) is 5.99. The molecular weight excluding hydrogens is 370 g/mol. The van der Waals surface area contributed by atoms with Crippen molar-refractivity contribution in [3.8, 4) is 5.75 Å². The first-order chi connectivity index (χ1) is 12.2. The van der Waals surface area contributed by atoms with Gasteiger partial charge in [0.1, 0.15) is 22.9 Å². The molecule has 9 heteroatoms. The summed E-state index contributed by atoms with van der Waals surface area (Å²) in [7, 11) is 1.32. The van der Waals surface area contributed by atoms with Crippen LogP contribution in [0.4, 0.5) is 20.2 Å². The Morgan fingerprint density at radius 2 is 1.92 bits per heavy atom. The van der Waals surface area contributed by atoms with Crippen molar-refractivity contribution in [2.24, 2.45) is 0 Å². The lowest BCUT2D eigenvalue weighted by Gasteiger charge is -2.15. The zero-order chi connectivity index (χ0) is 19.4. The normalized spacial score (nSPS) is 11.6. The van der Waals surface area contributed by atoms with Crippen LogP contribution in [0.25, 0.3) is 0 Å². The molecule has 1 unspecified atom stereocenters. The van der Waals surface area contributed by atoms with Gasteiger partial charge in [-0.15, -0.1) is 0 Å². The minimum atomic E-state index is -1.30. The maximum atomic E-state index is 13.6. The number of hydrogen-bond acceptors (Lipinski definition) is 5. The van der Waals surface area contributed by atoms with Crippen LogP contribution in [0.1, 0.15) is 17.3 Å². The summed E-state index contributed by atoms with van der Waals surface area (Å²) in [4.78, 5) is 24.3. The lowest BCUT2D eigenvalue weighted by molar-refractivity contribution is -0.123. The topological polar surface area (TPSA) is 90.7 Å². The number of benzene rings is 2. The smallest absolute Gasteiger partial charge is 0.342 e.